The third-order valence-electron chi connectivity index (χ3n) is 5.41. The number of methoxy groups -OCH3 is 1. The Kier molecular flexibility index (Phi) is 5.77. The highest BCUT2D eigenvalue weighted by molar-refractivity contribution is 6.46. The van der Waals surface area contributed by atoms with Gasteiger partial charge in [-0.05, 0) is 30.7 Å². The van der Waals surface area contributed by atoms with Gasteiger partial charge in [-0.25, -0.2) is 0 Å². The lowest BCUT2D eigenvalue weighted by molar-refractivity contribution is -0.140. The molecule has 0 spiro atoms. The molecule has 7 heteroatoms. The van der Waals surface area contributed by atoms with Crippen LogP contribution in [-0.4, -0.2) is 53.5 Å². The molecule has 3 aromatic rings. The largest absolute Gasteiger partial charge is 0.507 e. The van der Waals surface area contributed by atoms with Gasteiger partial charge in [-0.15, -0.1) is 0 Å². The lowest BCUT2D eigenvalue weighted by Gasteiger charge is -2.25. The summed E-state index contributed by atoms with van der Waals surface area (Å²) < 4.78 is 10.8. The number of likely N-dealkylation sites (tertiary alicyclic amines) is 1. The van der Waals surface area contributed by atoms with Crippen LogP contribution in [0.3, 0.4) is 0 Å². The van der Waals surface area contributed by atoms with Crippen LogP contribution in [0.1, 0.15) is 24.1 Å². The minimum Gasteiger partial charge on any atom is -0.507 e. The summed E-state index contributed by atoms with van der Waals surface area (Å²) in [6.07, 6.45) is 1.65. The van der Waals surface area contributed by atoms with Crippen molar-refractivity contribution in [2.45, 2.75) is 13.0 Å². The Bertz CT molecular complexity index is 1160. The zero-order valence-electron chi connectivity index (χ0n) is 17.4. The molecule has 1 aliphatic heterocycles. The van der Waals surface area contributed by atoms with Gasteiger partial charge in [0, 0.05) is 36.3 Å². The van der Waals surface area contributed by atoms with E-state index in [4.69, 9.17) is 9.47 Å². The van der Waals surface area contributed by atoms with Crippen molar-refractivity contribution in [3.05, 3.63) is 71.4 Å². The predicted octanol–water partition coefficient (Wildman–Crippen LogP) is 3.63. The number of rotatable bonds is 7. The van der Waals surface area contributed by atoms with Crippen molar-refractivity contribution in [1.29, 1.82) is 0 Å². The topological polar surface area (TPSA) is 91.9 Å². The van der Waals surface area contributed by atoms with E-state index < -0.39 is 17.7 Å². The zero-order chi connectivity index (χ0) is 22.0. The number of amides is 1. The summed E-state index contributed by atoms with van der Waals surface area (Å²) in [5.74, 6) is -0.956. The van der Waals surface area contributed by atoms with E-state index in [9.17, 15) is 14.7 Å². The molecule has 0 saturated carbocycles. The van der Waals surface area contributed by atoms with E-state index in [1.807, 2.05) is 49.4 Å². The lowest BCUT2D eigenvalue weighted by Crippen LogP contribution is -2.32. The number of H-pyrrole nitrogens is 1. The van der Waals surface area contributed by atoms with Crippen LogP contribution in [0.4, 0.5) is 0 Å². The van der Waals surface area contributed by atoms with Crippen LogP contribution >= 0.6 is 0 Å². The zero-order valence-corrected chi connectivity index (χ0v) is 17.4. The molecular weight excluding hydrogens is 396 g/mol. The molecule has 2 heterocycles. The first-order valence-corrected chi connectivity index (χ1v) is 10.1. The number of hydrogen-bond acceptors (Lipinski definition) is 5. The second kappa shape index (κ2) is 8.65. The number of ketones is 1. The van der Waals surface area contributed by atoms with E-state index in [0.717, 1.165) is 10.9 Å². The Morgan fingerprint density at radius 1 is 1.16 bits per heavy atom. The monoisotopic (exact) mass is 420 g/mol. The van der Waals surface area contributed by atoms with E-state index in [-0.39, 0.29) is 24.5 Å². The fourth-order valence-electron chi connectivity index (χ4n) is 4.00. The quantitative estimate of drug-likeness (QED) is 0.346. The molecular formula is C24H24N2O5. The molecule has 1 amide bonds. The van der Waals surface area contributed by atoms with E-state index in [1.54, 1.807) is 12.3 Å². The molecule has 160 valence electrons. The fraction of sp³-hybridized carbons (Fsp3) is 0.250. The normalized spacial score (nSPS) is 18.1. The molecule has 7 nitrogen and oxygen atoms in total. The summed E-state index contributed by atoms with van der Waals surface area (Å²) in [6.45, 7) is 2.86. The molecule has 0 radical (unpaired) electrons. The number of aliphatic hydroxyl groups excluding tert-OH is 1. The number of aromatic nitrogens is 1. The standard InChI is InChI=1S/C24H24N2O5/c1-3-31-16-8-6-7-15(13-16)21-20(23(28)24(29)26(21)11-12-30-2)22(27)18-14-25-19-10-5-4-9-17(18)19/h4-10,13-14,21,25,27H,3,11-12H2,1-2H3/b22-20-. The Labute approximate surface area is 179 Å². The van der Waals surface area contributed by atoms with Gasteiger partial charge in [0.15, 0.2) is 0 Å². The minimum absolute atomic E-state index is 0.0551. The van der Waals surface area contributed by atoms with Gasteiger partial charge in [-0.2, -0.15) is 0 Å². The summed E-state index contributed by atoms with van der Waals surface area (Å²) >= 11 is 0. The highest BCUT2D eigenvalue weighted by atomic mass is 16.5. The third kappa shape index (κ3) is 3.68. The summed E-state index contributed by atoms with van der Waals surface area (Å²) in [4.78, 5) is 30.5. The molecule has 2 aromatic carbocycles. The number of fused-ring (bicyclic) bond motifs is 1. The summed E-state index contributed by atoms with van der Waals surface area (Å²) in [6, 6.07) is 14.0. The maximum atomic E-state index is 13.1. The molecule has 4 rings (SSSR count). The number of hydrogen-bond donors (Lipinski definition) is 2. The number of para-hydroxylation sites is 1. The van der Waals surface area contributed by atoms with Gasteiger partial charge in [0.05, 0.1) is 24.8 Å². The number of Topliss-reactive ketones (excluding diaryl/α,β-unsaturated/α-hetero) is 1. The predicted molar refractivity (Wildman–Crippen MR) is 117 cm³/mol. The first-order valence-electron chi connectivity index (χ1n) is 10.1. The molecule has 2 N–H and O–H groups in total. The Morgan fingerprint density at radius 3 is 2.74 bits per heavy atom. The van der Waals surface area contributed by atoms with E-state index >= 15 is 0 Å². The Balaban J connectivity index is 1.89. The highest BCUT2D eigenvalue weighted by Gasteiger charge is 2.46. The van der Waals surface area contributed by atoms with Crippen LogP contribution in [0.25, 0.3) is 16.7 Å². The molecule has 1 saturated heterocycles. The molecule has 31 heavy (non-hydrogen) atoms. The molecule has 1 fully saturated rings. The van der Waals surface area contributed by atoms with Gasteiger partial charge >= 0.3 is 0 Å². The lowest BCUT2D eigenvalue weighted by atomic mass is 9.95. The molecule has 1 unspecified atom stereocenters. The van der Waals surface area contributed by atoms with Crippen LogP contribution < -0.4 is 4.74 Å². The minimum atomic E-state index is -0.746. The van der Waals surface area contributed by atoms with Gasteiger partial charge in [0.1, 0.15) is 11.5 Å². The van der Waals surface area contributed by atoms with Gasteiger partial charge in [0.2, 0.25) is 0 Å². The Hall–Kier alpha value is -3.58. The molecule has 1 aliphatic rings. The second-order valence-corrected chi connectivity index (χ2v) is 7.24. The van der Waals surface area contributed by atoms with Crippen molar-refractivity contribution in [2.24, 2.45) is 0 Å². The average molecular weight is 420 g/mol. The fourth-order valence-corrected chi connectivity index (χ4v) is 4.00. The summed E-state index contributed by atoms with van der Waals surface area (Å²) in [5.41, 5.74) is 2.04. The van der Waals surface area contributed by atoms with Crippen molar-refractivity contribution in [3.63, 3.8) is 0 Å². The van der Waals surface area contributed by atoms with Gasteiger partial charge in [-0.1, -0.05) is 30.3 Å². The van der Waals surface area contributed by atoms with Crippen LogP contribution in [0, 0.1) is 0 Å². The smallest absolute Gasteiger partial charge is 0.295 e. The third-order valence-corrected chi connectivity index (χ3v) is 5.41. The van der Waals surface area contributed by atoms with Crippen LogP contribution in [0.2, 0.25) is 0 Å². The summed E-state index contributed by atoms with van der Waals surface area (Å²) in [7, 11) is 1.53. The second-order valence-electron chi connectivity index (χ2n) is 7.24. The number of aromatic amines is 1. The number of nitrogens with zero attached hydrogens (tertiary/aromatic N) is 1. The van der Waals surface area contributed by atoms with Gasteiger partial charge in [-0.3, -0.25) is 9.59 Å². The number of ether oxygens (including phenoxy) is 2. The number of carbonyl (C=O) groups is 2. The number of benzene rings is 2. The highest BCUT2D eigenvalue weighted by Crippen LogP contribution is 2.41. The van der Waals surface area contributed by atoms with Crippen molar-refractivity contribution in [3.8, 4) is 5.75 Å². The van der Waals surface area contributed by atoms with E-state index in [1.165, 1.54) is 12.0 Å². The maximum Gasteiger partial charge on any atom is 0.295 e. The first kappa shape index (κ1) is 20.7. The Morgan fingerprint density at radius 2 is 1.97 bits per heavy atom. The number of aliphatic hydroxyl groups is 1. The molecule has 1 aromatic heterocycles. The average Bonchev–Trinajstić information content (AvgIpc) is 3.32. The van der Waals surface area contributed by atoms with Crippen molar-refractivity contribution in [1.82, 2.24) is 9.88 Å². The van der Waals surface area contributed by atoms with Crippen LogP contribution in [0.5, 0.6) is 5.75 Å². The van der Waals surface area contributed by atoms with Crippen molar-refractivity contribution < 1.29 is 24.2 Å². The van der Waals surface area contributed by atoms with Crippen molar-refractivity contribution in [2.75, 3.05) is 26.9 Å². The van der Waals surface area contributed by atoms with Crippen LogP contribution in [-0.2, 0) is 14.3 Å². The SMILES string of the molecule is CCOc1cccc(C2/C(=C(/O)c3c[nH]c4ccccc34)C(=O)C(=O)N2CCOC)c1. The van der Waals surface area contributed by atoms with Gasteiger partial charge in [0.25, 0.3) is 11.7 Å². The van der Waals surface area contributed by atoms with E-state index in [2.05, 4.69) is 4.98 Å². The molecule has 0 aliphatic carbocycles. The van der Waals surface area contributed by atoms with Crippen LogP contribution in [0.15, 0.2) is 60.3 Å². The van der Waals surface area contributed by atoms with Gasteiger partial charge < -0.3 is 24.5 Å². The maximum absolute atomic E-state index is 13.1. The number of carbonyl (C=O) groups excluding carboxylic acids is 2. The first-order chi connectivity index (χ1) is 15.1. The molecule has 0 bridgehead atoms. The molecule has 1 atom stereocenters. The van der Waals surface area contributed by atoms with E-state index in [0.29, 0.717) is 23.5 Å². The summed E-state index contributed by atoms with van der Waals surface area (Å²) in [5, 5.41) is 12.0. The van der Waals surface area contributed by atoms with Crippen molar-refractivity contribution >= 4 is 28.4 Å². The number of nitrogens with one attached hydrogen (secondary N) is 1.